The van der Waals surface area contributed by atoms with Gasteiger partial charge in [-0.25, -0.2) is 9.37 Å². The number of imidazole rings is 1. The molecule has 0 bridgehead atoms. The number of hydrogen-bond donors (Lipinski definition) is 1. The molecule has 0 aliphatic heterocycles. The van der Waals surface area contributed by atoms with E-state index in [4.69, 9.17) is 0 Å². The Morgan fingerprint density at radius 3 is 2.06 bits per heavy atom. The zero-order chi connectivity index (χ0) is 22.6. The summed E-state index contributed by atoms with van der Waals surface area (Å²) < 4.78 is 13.2. The summed E-state index contributed by atoms with van der Waals surface area (Å²) in [5.41, 5.74) is 4.86. The average Bonchev–Trinajstić information content (AvgIpc) is 3.34. The van der Waals surface area contributed by atoms with Crippen molar-refractivity contribution in [2.24, 2.45) is 0 Å². The van der Waals surface area contributed by atoms with Crippen molar-refractivity contribution in [3.63, 3.8) is 0 Å². The molecular formula is C28H32BFN2. The largest absolute Gasteiger partial charge is 0.348 e. The highest BCUT2D eigenvalue weighted by Gasteiger charge is 2.12. The van der Waals surface area contributed by atoms with Gasteiger partial charge in [0, 0.05) is 24.7 Å². The molecule has 3 aromatic carbocycles. The van der Waals surface area contributed by atoms with Gasteiger partial charge in [0.05, 0.1) is 0 Å². The molecule has 0 atom stereocenters. The van der Waals surface area contributed by atoms with E-state index in [1.54, 1.807) is 24.5 Å². The Balaban J connectivity index is 0.000000182. The number of hydrogen-bond acceptors (Lipinski definition) is 1. The number of aromatic nitrogens is 2. The maximum Gasteiger partial charge on any atom is 0.123 e. The highest BCUT2D eigenvalue weighted by molar-refractivity contribution is 6.08. The lowest BCUT2D eigenvalue weighted by Gasteiger charge is -2.17. The fourth-order valence-corrected chi connectivity index (χ4v) is 3.92. The van der Waals surface area contributed by atoms with Crippen molar-refractivity contribution in [3.8, 4) is 0 Å². The molecule has 0 spiro atoms. The van der Waals surface area contributed by atoms with Crippen molar-refractivity contribution >= 4 is 7.85 Å². The molecule has 0 saturated carbocycles. The maximum atomic E-state index is 13.2. The number of halogens is 1. The van der Waals surface area contributed by atoms with Gasteiger partial charge in [-0.15, -0.1) is 0 Å². The van der Waals surface area contributed by atoms with Gasteiger partial charge in [0.15, 0.2) is 0 Å². The third kappa shape index (κ3) is 7.23. The Kier molecular flexibility index (Phi) is 9.30. The molecular weight excluding hydrogens is 394 g/mol. The van der Waals surface area contributed by atoms with E-state index in [9.17, 15) is 4.39 Å². The lowest BCUT2D eigenvalue weighted by Crippen LogP contribution is -2.00. The second-order valence-corrected chi connectivity index (χ2v) is 8.05. The minimum atomic E-state index is -0.170. The molecule has 1 heterocycles. The van der Waals surface area contributed by atoms with Crippen LogP contribution in [0.4, 0.5) is 4.39 Å². The molecule has 4 rings (SSSR count). The Hall–Kier alpha value is -3.14. The Morgan fingerprint density at radius 1 is 0.906 bits per heavy atom. The number of aromatic amines is 1. The molecule has 1 aromatic heterocycles. The smallest absolute Gasteiger partial charge is 0.123 e. The van der Waals surface area contributed by atoms with Crippen LogP contribution in [0.3, 0.4) is 0 Å². The summed E-state index contributed by atoms with van der Waals surface area (Å²) in [6.07, 6.45) is 8.76. The predicted octanol–water partition coefficient (Wildman–Crippen LogP) is 6.35. The number of nitrogens with zero attached hydrogens (tertiary/aromatic N) is 1. The van der Waals surface area contributed by atoms with Crippen LogP contribution in [-0.2, 0) is 12.8 Å². The van der Waals surface area contributed by atoms with Crippen molar-refractivity contribution in [2.45, 2.75) is 44.8 Å². The van der Waals surface area contributed by atoms with Gasteiger partial charge in [-0.2, -0.15) is 0 Å². The number of H-pyrrole nitrogens is 1. The summed E-state index contributed by atoms with van der Waals surface area (Å²) in [6, 6.07) is 26.8. The van der Waals surface area contributed by atoms with Crippen LogP contribution in [0.15, 0.2) is 91.3 Å². The Bertz CT molecular complexity index is 994. The third-order valence-corrected chi connectivity index (χ3v) is 5.60. The topological polar surface area (TPSA) is 28.7 Å². The highest BCUT2D eigenvalue weighted by Crippen LogP contribution is 2.29. The first-order valence-electron chi connectivity index (χ1n) is 11.6. The minimum absolute atomic E-state index is 0.170. The summed E-state index contributed by atoms with van der Waals surface area (Å²) >= 11 is 0. The van der Waals surface area contributed by atoms with Crippen LogP contribution in [-0.4, -0.2) is 17.8 Å². The molecule has 0 aliphatic rings. The second-order valence-electron chi connectivity index (χ2n) is 8.05. The first-order chi connectivity index (χ1) is 15.7. The molecule has 4 aromatic rings. The molecule has 0 unspecified atom stereocenters. The predicted molar refractivity (Wildman–Crippen MR) is 134 cm³/mol. The number of aryl methyl sites for hydroxylation is 1. The molecule has 0 saturated heterocycles. The molecule has 1 N–H and O–H groups in total. The van der Waals surface area contributed by atoms with Crippen molar-refractivity contribution in [2.75, 3.05) is 0 Å². The van der Waals surface area contributed by atoms with Gasteiger partial charge in [-0.1, -0.05) is 86.4 Å². The Labute approximate surface area is 192 Å². The number of rotatable bonds is 8. The minimum Gasteiger partial charge on any atom is -0.348 e. The standard InChI is InChI=1S/C16H19B.C12H13FN2/c17-13-7-12-16(14-8-3-1-4-9-14)15-10-5-2-6-11-15;1-2-9-5-10(7-11(13)6-9)8-12-14-3-4-15-12/h1-6,8-11,16H,7,12-13,17H2;3-7H,2,8H2,1H3,(H,14,15). The van der Waals surface area contributed by atoms with Crippen LogP contribution in [0.2, 0.25) is 6.32 Å². The summed E-state index contributed by atoms with van der Waals surface area (Å²) in [7, 11) is 2.26. The van der Waals surface area contributed by atoms with Crippen molar-refractivity contribution in [1.82, 2.24) is 9.97 Å². The van der Waals surface area contributed by atoms with E-state index in [2.05, 4.69) is 78.5 Å². The summed E-state index contributed by atoms with van der Waals surface area (Å²) in [5, 5.41) is 0. The quantitative estimate of drug-likeness (QED) is 0.327. The second kappa shape index (κ2) is 12.7. The lowest BCUT2D eigenvalue weighted by molar-refractivity contribution is 0.623. The third-order valence-electron chi connectivity index (χ3n) is 5.60. The van der Waals surface area contributed by atoms with Crippen molar-refractivity contribution in [3.05, 3.63) is 125 Å². The van der Waals surface area contributed by atoms with Gasteiger partial charge in [-0.3, -0.25) is 0 Å². The first-order valence-corrected chi connectivity index (χ1v) is 11.6. The van der Waals surface area contributed by atoms with Gasteiger partial charge in [0.2, 0.25) is 0 Å². The van der Waals surface area contributed by atoms with E-state index in [1.807, 2.05) is 13.0 Å². The number of nitrogens with one attached hydrogen (secondary N) is 1. The van der Waals surface area contributed by atoms with Gasteiger partial charge >= 0.3 is 0 Å². The molecule has 2 nitrogen and oxygen atoms in total. The number of benzene rings is 3. The summed E-state index contributed by atoms with van der Waals surface area (Å²) in [4.78, 5) is 7.13. The first kappa shape index (κ1) is 23.5. The fourth-order valence-electron chi connectivity index (χ4n) is 3.92. The molecule has 0 fully saturated rings. The Morgan fingerprint density at radius 2 is 1.53 bits per heavy atom. The average molecular weight is 426 g/mol. The van der Waals surface area contributed by atoms with Gasteiger partial charge in [0.25, 0.3) is 0 Å². The fraction of sp³-hybridized carbons (Fsp3) is 0.250. The van der Waals surface area contributed by atoms with E-state index in [-0.39, 0.29) is 5.82 Å². The van der Waals surface area contributed by atoms with Gasteiger partial charge in [-0.05, 0) is 47.2 Å². The molecule has 164 valence electrons. The normalized spacial score (nSPS) is 10.6. The van der Waals surface area contributed by atoms with Crippen LogP contribution in [0.1, 0.15) is 53.8 Å². The van der Waals surface area contributed by atoms with Gasteiger partial charge < -0.3 is 4.98 Å². The van der Waals surface area contributed by atoms with Crippen LogP contribution in [0.25, 0.3) is 0 Å². The molecule has 32 heavy (non-hydrogen) atoms. The van der Waals surface area contributed by atoms with E-state index < -0.39 is 0 Å². The van der Waals surface area contributed by atoms with Crippen LogP contribution < -0.4 is 0 Å². The van der Waals surface area contributed by atoms with E-state index in [0.29, 0.717) is 12.3 Å². The van der Waals surface area contributed by atoms with E-state index in [0.717, 1.165) is 23.4 Å². The van der Waals surface area contributed by atoms with Crippen molar-refractivity contribution < 1.29 is 4.39 Å². The SMILES string of the molecule is BCCCC(c1ccccc1)c1ccccc1.CCc1cc(F)cc(Cc2ncc[nH]2)c1. The van der Waals surface area contributed by atoms with Crippen LogP contribution in [0, 0.1) is 5.82 Å². The summed E-state index contributed by atoms with van der Waals surface area (Å²) in [6.45, 7) is 2.02. The zero-order valence-corrected chi connectivity index (χ0v) is 19.1. The monoisotopic (exact) mass is 426 g/mol. The molecule has 4 heteroatoms. The van der Waals surface area contributed by atoms with E-state index >= 15 is 0 Å². The highest BCUT2D eigenvalue weighted by atomic mass is 19.1. The summed E-state index contributed by atoms with van der Waals surface area (Å²) in [5.74, 6) is 1.25. The van der Waals surface area contributed by atoms with Gasteiger partial charge in [0.1, 0.15) is 19.5 Å². The zero-order valence-electron chi connectivity index (χ0n) is 19.1. The van der Waals surface area contributed by atoms with Crippen LogP contribution in [0.5, 0.6) is 0 Å². The lowest BCUT2D eigenvalue weighted by atomic mass is 9.85. The van der Waals surface area contributed by atoms with Crippen LogP contribution >= 0.6 is 0 Å². The molecule has 0 amide bonds. The molecule has 0 radical (unpaired) electrons. The van der Waals surface area contributed by atoms with E-state index in [1.165, 1.54) is 30.3 Å². The van der Waals surface area contributed by atoms with Crippen molar-refractivity contribution in [1.29, 1.82) is 0 Å². The molecule has 0 aliphatic carbocycles. The maximum absolute atomic E-state index is 13.2.